The average molecular weight is 291 g/mol. The Hall–Kier alpha value is -1.11. The lowest BCUT2D eigenvalue weighted by Crippen LogP contribution is -2.49. The van der Waals surface area contributed by atoms with Crippen LogP contribution < -0.4 is 0 Å². The molecule has 7 heteroatoms. The summed E-state index contributed by atoms with van der Waals surface area (Å²) in [6, 6.07) is -0.434. The average Bonchev–Trinajstić information content (AvgIpc) is 2.63. The SMILES string of the molecule is COC(=O)CN(C(=O)C(C)(C)C)C1CCS(=O)(=O)C1. The van der Waals surface area contributed by atoms with Crippen LogP contribution in [0.2, 0.25) is 0 Å². The van der Waals surface area contributed by atoms with Gasteiger partial charge in [-0.2, -0.15) is 0 Å². The van der Waals surface area contributed by atoms with Crippen molar-refractivity contribution in [2.45, 2.75) is 33.2 Å². The molecule has 1 fully saturated rings. The lowest BCUT2D eigenvalue weighted by molar-refractivity contribution is -0.151. The van der Waals surface area contributed by atoms with Gasteiger partial charge in [0.2, 0.25) is 5.91 Å². The number of hydrogen-bond donors (Lipinski definition) is 0. The normalized spacial score (nSPS) is 22.0. The first kappa shape index (κ1) is 15.9. The van der Waals surface area contributed by atoms with Crippen molar-refractivity contribution in [1.29, 1.82) is 0 Å². The van der Waals surface area contributed by atoms with Gasteiger partial charge in [0.15, 0.2) is 9.84 Å². The van der Waals surface area contributed by atoms with Gasteiger partial charge in [0.25, 0.3) is 0 Å². The molecule has 0 bridgehead atoms. The zero-order valence-electron chi connectivity index (χ0n) is 11.8. The molecule has 0 saturated carbocycles. The molecule has 1 aliphatic heterocycles. The molecule has 1 saturated heterocycles. The highest BCUT2D eigenvalue weighted by molar-refractivity contribution is 7.91. The van der Waals surface area contributed by atoms with Crippen molar-refractivity contribution < 1.29 is 22.7 Å². The Balaban J connectivity index is 2.94. The summed E-state index contributed by atoms with van der Waals surface area (Å²) in [6.07, 6.45) is 0.376. The lowest BCUT2D eigenvalue weighted by atomic mass is 9.93. The summed E-state index contributed by atoms with van der Waals surface area (Å²) in [5.74, 6) is -0.791. The third kappa shape index (κ3) is 4.19. The van der Waals surface area contributed by atoms with Gasteiger partial charge in [-0.15, -0.1) is 0 Å². The molecule has 0 aliphatic carbocycles. The summed E-state index contributed by atoms with van der Waals surface area (Å²) in [6.45, 7) is 5.02. The van der Waals surface area contributed by atoms with E-state index in [0.717, 1.165) is 0 Å². The third-order valence-electron chi connectivity index (χ3n) is 3.08. The highest BCUT2D eigenvalue weighted by Crippen LogP contribution is 2.24. The molecule has 19 heavy (non-hydrogen) atoms. The fourth-order valence-electron chi connectivity index (χ4n) is 2.02. The molecule has 6 nitrogen and oxygen atoms in total. The van der Waals surface area contributed by atoms with E-state index in [1.165, 1.54) is 12.0 Å². The van der Waals surface area contributed by atoms with Crippen LogP contribution in [0.15, 0.2) is 0 Å². The van der Waals surface area contributed by atoms with E-state index in [1.807, 2.05) is 0 Å². The van der Waals surface area contributed by atoms with Crippen molar-refractivity contribution in [3.05, 3.63) is 0 Å². The molecule has 1 rings (SSSR count). The molecule has 0 N–H and O–H groups in total. The molecule has 1 unspecified atom stereocenters. The molecule has 1 atom stereocenters. The number of ether oxygens (including phenoxy) is 1. The summed E-state index contributed by atoms with van der Waals surface area (Å²) in [5, 5.41) is 0. The summed E-state index contributed by atoms with van der Waals surface area (Å²) in [7, 11) is -1.86. The van der Waals surface area contributed by atoms with Gasteiger partial charge in [0, 0.05) is 11.5 Å². The number of esters is 1. The van der Waals surface area contributed by atoms with Crippen LogP contribution in [0, 0.1) is 5.41 Å². The predicted octanol–water partition coefficient (Wildman–Crippen LogP) is 0.221. The molecule has 0 spiro atoms. The minimum absolute atomic E-state index is 0.0623. The third-order valence-corrected chi connectivity index (χ3v) is 4.83. The Kier molecular flexibility index (Phi) is 4.60. The van der Waals surface area contributed by atoms with Gasteiger partial charge in [-0.1, -0.05) is 20.8 Å². The Morgan fingerprint density at radius 3 is 2.26 bits per heavy atom. The molecule has 0 aromatic carbocycles. The highest BCUT2D eigenvalue weighted by Gasteiger charge is 2.39. The summed E-state index contributed by atoms with van der Waals surface area (Å²) in [5.41, 5.74) is -0.666. The second-order valence-electron chi connectivity index (χ2n) is 5.82. The summed E-state index contributed by atoms with van der Waals surface area (Å²) >= 11 is 0. The number of sulfone groups is 1. The molecular weight excluding hydrogens is 270 g/mol. The van der Waals surface area contributed by atoms with Crippen LogP contribution in [0.1, 0.15) is 27.2 Å². The van der Waals surface area contributed by atoms with Crippen molar-refractivity contribution in [2.75, 3.05) is 25.2 Å². The summed E-state index contributed by atoms with van der Waals surface area (Å²) in [4.78, 5) is 25.1. The van der Waals surface area contributed by atoms with E-state index in [0.29, 0.717) is 6.42 Å². The zero-order chi connectivity index (χ0) is 14.8. The second-order valence-corrected chi connectivity index (χ2v) is 8.04. The maximum absolute atomic E-state index is 12.3. The van der Waals surface area contributed by atoms with Gasteiger partial charge in [0.1, 0.15) is 6.54 Å². The van der Waals surface area contributed by atoms with Crippen molar-refractivity contribution in [3.63, 3.8) is 0 Å². The largest absolute Gasteiger partial charge is 0.468 e. The van der Waals surface area contributed by atoms with Crippen molar-refractivity contribution in [1.82, 2.24) is 4.90 Å². The van der Waals surface area contributed by atoms with Gasteiger partial charge in [-0.05, 0) is 6.42 Å². The number of rotatable bonds is 3. The summed E-state index contributed by atoms with van der Waals surface area (Å²) < 4.78 is 27.6. The Labute approximate surface area is 114 Å². The molecule has 110 valence electrons. The van der Waals surface area contributed by atoms with Gasteiger partial charge >= 0.3 is 5.97 Å². The molecule has 0 radical (unpaired) electrons. The number of methoxy groups -OCH3 is 1. The van der Waals surface area contributed by atoms with Crippen LogP contribution in [0.3, 0.4) is 0 Å². The molecule has 1 aliphatic rings. The van der Waals surface area contributed by atoms with Crippen LogP contribution in [0.5, 0.6) is 0 Å². The van der Waals surface area contributed by atoms with Crippen LogP contribution in [0.4, 0.5) is 0 Å². The molecule has 0 aromatic rings. The van der Waals surface area contributed by atoms with Crippen LogP contribution in [-0.4, -0.2) is 56.4 Å². The monoisotopic (exact) mass is 291 g/mol. The first-order valence-electron chi connectivity index (χ1n) is 6.15. The smallest absolute Gasteiger partial charge is 0.325 e. The van der Waals surface area contributed by atoms with E-state index in [1.54, 1.807) is 20.8 Å². The quantitative estimate of drug-likeness (QED) is 0.695. The molecule has 1 amide bonds. The maximum atomic E-state index is 12.3. The van der Waals surface area contributed by atoms with Crippen molar-refractivity contribution in [3.8, 4) is 0 Å². The Morgan fingerprint density at radius 2 is 1.89 bits per heavy atom. The Morgan fingerprint density at radius 1 is 1.32 bits per heavy atom. The van der Waals surface area contributed by atoms with Crippen molar-refractivity contribution in [2.24, 2.45) is 5.41 Å². The minimum Gasteiger partial charge on any atom is -0.468 e. The van der Waals surface area contributed by atoms with E-state index in [4.69, 9.17) is 0 Å². The minimum atomic E-state index is -3.11. The lowest BCUT2D eigenvalue weighted by Gasteiger charge is -2.32. The number of hydrogen-bond acceptors (Lipinski definition) is 5. The van der Waals surface area contributed by atoms with Gasteiger partial charge in [0.05, 0.1) is 18.6 Å². The fourth-order valence-corrected chi connectivity index (χ4v) is 3.75. The number of carbonyl (C=O) groups is 2. The topological polar surface area (TPSA) is 80.8 Å². The number of nitrogens with zero attached hydrogens (tertiary/aromatic N) is 1. The van der Waals surface area contributed by atoms with E-state index >= 15 is 0 Å². The molecular formula is C12H21NO5S. The van der Waals surface area contributed by atoms with Crippen molar-refractivity contribution >= 4 is 21.7 Å². The van der Waals surface area contributed by atoms with Gasteiger partial charge in [-0.3, -0.25) is 9.59 Å². The van der Waals surface area contributed by atoms with E-state index in [2.05, 4.69) is 4.74 Å². The number of carbonyl (C=O) groups excluding carboxylic acids is 2. The predicted molar refractivity (Wildman–Crippen MR) is 70.2 cm³/mol. The standard InChI is InChI=1S/C12H21NO5S/c1-12(2,3)11(15)13(7-10(14)18-4)9-5-6-19(16,17)8-9/h9H,5-8H2,1-4H3. The van der Waals surface area contributed by atoms with E-state index in [9.17, 15) is 18.0 Å². The highest BCUT2D eigenvalue weighted by atomic mass is 32.2. The molecule has 0 aromatic heterocycles. The van der Waals surface area contributed by atoms with Crippen LogP contribution >= 0.6 is 0 Å². The number of amides is 1. The first-order valence-corrected chi connectivity index (χ1v) is 7.97. The van der Waals surface area contributed by atoms with Crippen LogP contribution in [-0.2, 0) is 24.2 Å². The second kappa shape index (κ2) is 5.48. The van der Waals surface area contributed by atoms with Gasteiger partial charge < -0.3 is 9.64 Å². The zero-order valence-corrected chi connectivity index (χ0v) is 12.6. The maximum Gasteiger partial charge on any atom is 0.325 e. The van der Waals surface area contributed by atoms with Crippen LogP contribution in [0.25, 0.3) is 0 Å². The first-order chi connectivity index (χ1) is 8.57. The van der Waals surface area contributed by atoms with E-state index < -0.39 is 27.3 Å². The Bertz CT molecular complexity index is 463. The molecule has 1 heterocycles. The fraction of sp³-hybridized carbons (Fsp3) is 0.833. The van der Waals surface area contributed by atoms with Gasteiger partial charge in [-0.25, -0.2) is 8.42 Å². The van der Waals surface area contributed by atoms with E-state index in [-0.39, 0.29) is 24.0 Å².